The predicted molar refractivity (Wildman–Crippen MR) is 117 cm³/mol. The number of methoxy groups -OCH3 is 1. The van der Waals surface area contributed by atoms with Crippen LogP contribution in [0.4, 0.5) is 4.39 Å². The molecule has 0 aliphatic heterocycles. The molecular formula is C19H22FIN6O. The third kappa shape index (κ3) is 5.65. The number of nitrogens with one attached hydrogen (secondary N) is 3. The van der Waals surface area contributed by atoms with Gasteiger partial charge in [0.2, 0.25) is 0 Å². The minimum absolute atomic E-state index is 0. The van der Waals surface area contributed by atoms with Gasteiger partial charge >= 0.3 is 0 Å². The van der Waals surface area contributed by atoms with E-state index in [9.17, 15) is 4.39 Å². The zero-order valence-corrected chi connectivity index (χ0v) is 17.9. The molecular weight excluding hydrogens is 474 g/mol. The molecule has 0 saturated carbocycles. The number of aromatic amines is 1. The molecule has 9 heteroatoms. The van der Waals surface area contributed by atoms with Gasteiger partial charge in [-0.2, -0.15) is 5.10 Å². The van der Waals surface area contributed by atoms with Gasteiger partial charge in [0.1, 0.15) is 17.4 Å². The number of H-pyrrole nitrogens is 1. The second-order valence-corrected chi connectivity index (χ2v) is 5.70. The highest BCUT2D eigenvalue weighted by Gasteiger charge is 2.07. The lowest BCUT2D eigenvalue weighted by Gasteiger charge is -2.11. The van der Waals surface area contributed by atoms with Gasteiger partial charge in [0.15, 0.2) is 11.8 Å². The highest BCUT2D eigenvalue weighted by Crippen LogP contribution is 2.18. The van der Waals surface area contributed by atoms with Gasteiger partial charge in [-0.25, -0.2) is 9.37 Å². The zero-order chi connectivity index (χ0) is 19.1. The summed E-state index contributed by atoms with van der Waals surface area (Å²) in [5, 5.41) is 13.3. The molecule has 3 N–H and O–H groups in total. The van der Waals surface area contributed by atoms with Crippen molar-refractivity contribution in [2.24, 2.45) is 4.99 Å². The van der Waals surface area contributed by atoms with Crippen LogP contribution in [0.3, 0.4) is 0 Å². The van der Waals surface area contributed by atoms with Crippen molar-refractivity contribution in [1.82, 2.24) is 25.8 Å². The average molecular weight is 496 g/mol. The molecule has 3 aromatic rings. The fraction of sp³-hybridized carbons (Fsp3) is 0.211. The van der Waals surface area contributed by atoms with E-state index in [0.29, 0.717) is 36.3 Å². The fourth-order valence-corrected chi connectivity index (χ4v) is 2.45. The molecule has 0 saturated heterocycles. The Kier molecular flexibility index (Phi) is 8.18. The number of ether oxygens (including phenoxy) is 1. The van der Waals surface area contributed by atoms with Gasteiger partial charge in [-0.3, -0.25) is 10.1 Å². The van der Waals surface area contributed by atoms with Crippen molar-refractivity contribution in [3.05, 3.63) is 65.7 Å². The molecule has 0 atom stereocenters. The van der Waals surface area contributed by atoms with Crippen LogP contribution in [-0.2, 0) is 13.1 Å². The molecule has 0 spiro atoms. The summed E-state index contributed by atoms with van der Waals surface area (Å²) in [6.07, 6.45) is 0. The molecule has 0 radical (unpaired) electrons. The number of nitrogens with zero attached hydrogens (tertiary/aromatic N) is 3. The monoisotopic (exact) mass is 496 g/mol. The normalized spacial score (nSPS) is 10.9. The summed E-state index contributed by atoms with van der Waals surface area (Å²) in [6, 6.07) is 14.1. The molecule has 0 fully saturated rings. The number of guanidine groups is 1. The largest absolute Gasteiger partial charge is 0.497 e. The number of hydrogen-bond acceptors (Lipinski definition) is 4. The summed E-state index contributed by atoms with van der Waals surface area (Å²) >= 11 is 0. The number of rotatable bonds is 6. The van der Waals surface area contributed by atoms with Crippen molar-refractivity contribution >= 4 is 29.9 Å². The first-order valence-corrected chi connectivity index (χ1v) is 8.43. The number of hydrogen-bond donors (Lipinski definition) is 3. The first-order valence-electron chi connectivity index (χ1n) is 8.43. The van der Waals surface area contributed by atoms with Crippen molar-refractivity contribution in [2.45, 2.75) is 13.1 Å². The third-order valence-corrected chi connectivity index (χ3v) is 3.93. The lowest BCUT2D eigenvalue weighted by Crippen LogP contribution is -2.36. The Morgan fingerprint density at radius 3 is 2.50 bits per heavy atom. The summed E-state index contributed by atoms with van der Waals surface area (Å²) in [7, 11) is 3.28. The van der Waals surface area contributed by atoms with Crippen LogP contribution in [0, 0.1) is 5.82 Å². The minimum Gasteiger partial charge on any atom is -0.497 e. The summed E-state index contributed by atoms with van der Waals surface area (Å²) in [4.78, 5) is 8.59. The van der Waals surface area contributed by atoms with E-state index in [4.69, 9.17) is 4.74 Å². The van der Waals surface area contributed by atoms with Crippen LogP contribution >= 0.6 is 24.0 Å². The van der Waals surface area contributed by atoms with Gasteiger partial charge in [0, 0.05) is 24.7 Å². The van der Waals surface area contributed by atoms with Crippen molar-refractivity contribution in [1.29, 1.82) is 0 Å². The van der Waals surface area contributed by atoms with Gasteiger partial charge in [-0.1, -0.05) is 18.2 Å². The summed E-state index contributed by atoms with van der Waals surface area (Å²) < 4.78 is 18.8. The second kappa shape index (κ2) is 10.6. The zero-order valence-electron chi connectivity index (χ0n) is 15.6. The third-order valence-electron chi connectivity index (χ3n) is 3.93. The van der Waals surface area contributed by atoms with E-state index in [0.717, 1.165) is 11.3 Å². The van der Waals surface area contributed by atoms with Crippen LogP contribution in [-0.4, -0.2) is 35.3 Å². The Hall–Kier alpha value is -2.69. The average Bonchev–Trinajstić information content (AvgIpc) is 3.18. The van der Waals surface area contributed by atoms with E-state index in [1.807, 2.05) is 24.3 Å². The fourth-order valence-electron chi connectivity index (χ4n) is 2.45. The van der Waals surface area contributed by atoms with Crippen molar-refractivity contribution in [2.75, 3.05) is 14.2 Å². The van der Waals surface area contributed by atoms with Crippen molar-refractivity contribution in [3.63, 3.8) is 0 Å². The molecule has 28 heavy (non-hydrogen) atoms. The lowest BCUT2D eigenvalue weighted by atomic mass is 10.2. The van der Waals surface area contributed by atoms with Crippen LogP contribution < -0.4 is 15.4 Å². The van der Waals surface area contributed by atoms with Crippen LogP contribution in [0.1, 0.15) is 11.4 Å². The SMILES string of the molecule is CN=C(NCc1nc(-c2ccc(OC)cc2)n[nH]1)NCc1ccccc1F.I. The summed E-state index contributed by atoms with van der Waals surface area (Å²) in [6.45, 7) is 0.736. The molecule has 148 valence electrons. The Balaban J connectivity index is 0.00000280. The molecule has 3 rings (SSSR count). The smallest absolute Gasteiger partial charge is 0.191 e. The van der Waals surface area contributed by atoms with Crippen LogP contribution in [0.25, 0.3) is 11.4 Å². The number of halogens is 2. The van der Waals surface area contributed by atoms with E-state index in [2.05, 4.69) is 30.8 Å². The maximum absolute atomic E-state index is 13.7. The van der Waals surface area contributed by atoms with E-state index in [-0.39, 0.29) is 29.8 Å². The van der Waals surface area contributed by atoms with E-state index < -0.39 is 0 Å². The first-order chi connectivity index (χ1) is 13.2. The number of benzene rings is 2. The Morgan fingerprint density at radius 2 is 1.82 bits per heavy atom. The summed E-state index contributed by atoms with van der Waals surface area (Å²) in [5.41, 5.74) is 1.46. The standard InChI is InChI=1S/C19H21FN6O.HI/c1-21-19(22-11-14-5-3-4-6-16(14)20)23-12-17-24-18(26-25-17)13-7-9-15(27-2)10-8-13;/h3-10H,11-12H2,1-2H3,(H2,21,22,23)(H,24,25,26);1H. The van der Waals surface area contributed by atoms with Crippen molar-refractivity contribution in [3.8, 4) is 17.1 Å². The molecule has 0 amide bonds. The highest BCUT2D eigenvalue weighted by molar-refractivity contribution is 14.0. The van der Waals surface area contributed by atoms with Gasteiger partial charge in [-0.05, 0) is 30.3 Å². The van der Waals surface area contributed by atoms with Crippen LogP contribution in [0.2, 0.25) is 0 Å². The van der Waals surface area contributed by atoms with Crippen LogP contribution in [0.15, 0.2) is 53.5 Å². The Morgan fingerprint density at radius 1 is 1.11 bits per heavy atom. The maximum Gasteiger partial charge on any atom is 0.191 e. The topological polar surface area (TPSA) is 87.2 Å². The molecule has 0 aliphatic rings. The quantitative estimate of drug-likeness (QED) is 0.278. The van der Waals surface area contributed by atoms with E-state index in [1.54, 1.807) is 32.4 Å². The maximum atomic E-state index is 13.7. The van der Waals surface area contributed by atoms with E-state index in [1.165, 1.54) is 6.07 Å². The number of aromatic nitrogens is 3. The molecule has 0 aliphatic carbocycles. The molecule has 2 aromatic carbocycles. The van der Waals surface area contributed by atoms with Crippen molar-refractivity contribution < 1.29 is 9.13 Å². The molecule has 0 bridgehead atoms. The van der Waals surface area contributed by atoms with Gasteiger partial charge in [-0.15, -0.1) is 24.0 Å². The molecule has 1 aromatic heterocycles. The van der Waals surface area contributed by atoms with Crippen LogP contribution in [0.5, 0.6) is 5.75 Å². The molecule has 7 nitrogen and oxygen atoms in total. The minimum atomic E-state index is -0.250. The molecule has 0 unspecified atom stereocenters. The highest BCUT2D eigenvalue weighted by atomic mass is 127. The van der Waals surface area contributed by atoms with Gasteiger partial charge in [0.25, 0.3) is 0 Å². The summed E-state index contributed by atoms with van der Waals surface area (Å²) in [5.74, 6) is 2.33. The van der Waals surface area contributed by atoms with E-state index >= 15 is 0 Å². The van der Waals surface area contributed by atoms with Gasteiger partial charge in [0.05, 0.1) is 13.7 Å². The van der Waals surface area contributed by atoms with Gasteiger partial charge < -0.3 is 15.4 Å². The lowest BCUT2D eigenvalue weighted by molar-refractivity contribution is 0.415. The predicted octanol–water partition coefficient (Wildman–Crippen LogP) is 3.10. The second-order valence-electron chi connectivity index (χ2n) is 5.70. The Labute approximate surface area is 179 Å². The Bertz CT molecular complexity index is 913. The number of aliphatic imine (C=N–C) groups is 1. The first kappa shape index (κ1) is 21.6. The molecule has 1 heterocycles.